The molecule has 0 saturated heterocycles. The fourth-order valence-electron chi connectivity index (χ4n) is 1.66. The minimum absolute atomic E-state index is 0.0168. The average Bonchev–Trinajstić information content (AvgIpc) is 2.38. The molecule has 0 aliphatic rings. The molecule has 0 atom stereocenters. The van der Waals surface area contributed by atoms with Gasteiger partial charge < -0.3 is 14.6 Å². The molecule has 1 aromatic heterocycles. The van der Waals surface area contributed by atoms with Gasteiger partial charge in [0.2, 0.25) is 0 Å². The maximum Gasteiger partial charge on any atom is 0.121 e. The van der Waals surface area contributed by atoms with Crippen LogP contribution in [0.15, 0.2) is 30.5 Å². The lowest BCUT2D eigenvalue weighted by atomic mass is 10.1. The second kappa shape index (κ2) is 5.61. The molecule has 90 valence electrons. The Balaban J connectivity index is 2.25. The van der Waals surface area contributed by atoms with Gasteiger partial charge in [0.15, 0.2) is 0 Å². The highest BCUT2D eigenvalue weighted by Gasteiger charge is 2.02. The van der Waals surface area contributed by atoms with Gasteiger partial charge in [0.25, 0.3) is 0 Å². The van der Waals surface area contributed by atoms with Crippen LogP contribution in [-0.2, 0) is 11.3 Å². The van der Waals surface area contributed by atoms with Crippen molar-refractivity contribution in [1.29, 1.82) is 0 Å². The summed E-state index contributed by atoms with van der Waals surface area (Å²) in [5.41, 5.74) is 1.70. The second-order valence-electron chi connectivity index (χ2n) is 3.65. The zero-order valence-corrected chi connectivity index (χ0v) is 9.72. The first kappa shape index (κ1) is 11.8. The fraction of sp³-hybridized carbons (Fsp3) is 0.308. The van der Waals surface area contributed by atoms with Crippen LogP contribution in [0, 0.1) is 0 Å². The van der Waals surface area contributed by atoms with Gasteiger partial charge in [-0.05, 0) is 23.8 Å². The van der Waals surface area contributed by atoms with Crippen molar-refractivity contribution in [2.24, 2.45) is 0 Å². The topological polar surface area (TPSA) is 51.6 Å². The van der Waals surface area contributed by atoms with E-state index in [4.69, 9.17) is 9.47 Å². The summed E-state index contributed by atoms with van der Waals surface area (Å²) >= 11 is 0. The van der Waals surface area contributed by atoms with Crippen molar-refractivity contribution in [2.75, 3.05) is 20.3 Å². The van der Waals surface area contributed by atoms with Crippen LogP contribution >= 0.6 is 0 Å². The Morgan fingerprint density at radius 3 is 2.88 bits per heavy atom. The Morgan fingerprint density at radius 1 is 1.24 bits per heavy atom. The highest BCUT2D eigenvalue weighted by molar-refractivity contribution is 5.83. The largest absolute Gasteiger partial charge is 0.491 e. The number of aromatic nitrogens is 1. The lowest BCUT2D eigenvalue weighted by Gasteiger charge is -2.07. The van der Waals surface area contributed by atoms with Crippen LogP contribution in [0.1, 0.15) is 5.56 Å². The lowest BCUT2D eigenvalue weighted by molar-refractivity contribution is 0.146. The van der Waals surface area contributed by atoms with Crippen molar-refractivity contribution in [3.8, 4) is 5.75 Å². The van der Waals surface area contributed by atoms with E-state index in [9.17, 15) is 5.11 Å². The molecular weight excluding hydrogens is 218 g/mol. The quantitative estimate of drug-likeness (QED) is 0.799. The van der Waals surface area contributed by atoms with Gasteiger partial charge in [-0.15, -0.1) is 0 Å². The molecule has 17 heavy (non-hydrogen) atoms. The van der Waals surface area contributed by atoms with Crippen molar-refractivity contribution in [3.05, 3.63) is 36.0 Å². The summed E-state index contributed by atoms with van der Waals surface area (Å²) in [7, 11) is 1.64. The third-order valence-corrected chi connectivity index (χ3v) is 2.53. The summed E-state index contributed by atoms with van der Waals surface area (Å²) in [5, 5.41) is 10.2. The summed E-state index contributed by atoms with van der Waals surface area (Å²) in [6.45, 7) is 1.09. The van der Waals surface area contributed by atoms with Crippen molar-refractivity contribution < 1.29 is 14.6 Å². The SMILES string of the molecule is COCCOc1ccc2c(CO)ccnc2c1. The first-order valence-electron chi connectivity index (χ1n) is 5.45. The maximum absolute atomic E-state index is 9.20. The van der Waals surface area contributed by atoms with Crippen molar-refractivity contribution in [2.45, 2.75) is 6.61 Å². The van der Waals surface area contributed by atoms with Gasteiger partial charge in [-0.25, -0.2) is 0 Å². The fourth-order valence-corrected chi connectivity index (χ4v) is 1.66. The van der Waals surface area contributed by atoms with Crippen molar-refractivity contribution in [1.82, 2.24) is 4.98 Å². The van der Waals surface area contributed by atoms with Crippen LogP contribution in [0.25, 0.3) is 10.9 Å². The Kier molecular flexibility index (Phi) is 3.90. The summed E-state index contributed by atoms with van der Waals surface area (Å²) in [5.74, 6) is 0.761. The third kappa shape index (κ3) is 2.72. The van der Waals surface area contributed by atoms with E-state index >= 15 is 0 Å². The van der Waals surface area contributed by atoms with Gasteiger partial charge in [-0.3, -0.25) is 4.98 Å². The number of benzene rings is 1. The smallest absolute Gasteiger partial charge is 0.121 e. The van der Waals surface area contributed by atoms with Crippen LogP contribution in [0.2, 0.25) is 0 Å². The molecule has 0 amide bonds. The molecule has 0 fully saturated rings. The van der Waals surface area contributed by atoms with E-state index < -0.39 is 0 Å². The molecule has 0 spiro atoms. The molecule has 1 aromatic carbocycles. The van der Waals surface area contributed by atoms with Crippen LogP contribution in [0.5, 0.6) is 5.75 Å². The van der Waals surface area contributed by atoms with E-state index in [-0.39, 0.29) is 6.61 Å². The minimum Gasteiger partial charge on any atom is -0.491 e. The van der Waals surface area contributed by atoms with Gasteiger partial charge in [0, 0.05) is 24.8 Å². The summed E-state index contributed by atoms with van der Waals surface area (Å²) in [6, 6.07) is 7.47. The number of aliphatic hydroxyl groups is 1. The summed E-state index contributed by atoms with van der Waals surface area (Å²) in [4.78, 5) is 4.26. The van der Waals surface area contributed by atoms with E-state index in [1.54, 1.807) is 13.3 Å². The summed E-state index contributed by atoms with van der Waals surface area (Å²) in [6.07, 6.45) is 1.69. The Bertz CT molecular complexity index is 499. The number of hydrogen-bond donors (Lipinski definition) is 1. The first-order valence-corrected chi connectivity index (χ1v) is 5.45. The predicted molar refractivity (Wildman–Crippen MR) is 65.0 cm³/mol. The normalized spacial score (nSPS) is 10.7. The highest BCUT2D eigenvalue weighted by Crippen LogP contribution is 2.22. The van der Waals surface area contributed by atoms with Gasteiger partial charge in [-0.1, -0.05) is 0 Å². The standard InChI is InChI=1S/C13H15NO3/c1-16-6-7-17-11-2-3-12-10(9-15)4-5-14-13(12)8-11/h2-5,8,15H,6-7,9H2,1H3. The van der Waals surface area contributed by atoms with E-state index in [1.165, 1.54) is 0 Å². The van der Waals surface area contributed by atoms with Crippen LogP contribution in [0.3, 0.4) is 0 Å². The molecule has 0 bridgehead atoms. The molecule has 0 aliphatic heterocycles. The number of rotatable bonds is 5. The first-order chi connectivity index (χ1) is 8.35. The number of methoxy groups -OCH3 is 1. The predicted octanol–water partition coefficient (Wildman–Crippen LogP) is 1.75. The summed E-state index contributed by atoms with van der Waals surface area (Å²) < 4.78 is 10.4. The molecule has 2 aromatic rings. The molecule has 2 rings (SSSR count). The molecule has 0 aliphatic carbocycles. The van der Waals surface area contributed by atoms with Gasteiger partial charge in [0.1, 0.15) is 12.4 Å². The number of hydrogen-bond acceptors (Lipinski definition) is 4. The van der Waals surface area contributed by atoms with Crippen LogP contribution in [-0.4, -0.2) is 30.4 Å². The molecule has 1 heterocycles. The van der Waals surface area contributed by atoms with Gasteiger partial charge in [-0.2, -0.15) is 0 Å². The number of aliphatic hydroxyl groups excluding tert-OH is 1. The van der Waals surface area contributed by atoms with E-state index in [0.717, 1.165) is 22.2 Å². The number of fused-ring (bicyclic) bond motifs is 1. The molecule has 0 unspecified atom stereocenters. The van der Waals surface area contributed by atoms with Crippen molar-refractivity contribution in [3.63, 3.8) is 0 Å². The zero-order valence-electron chi connectivity index (χ0n) is 9.72. The van der Waals surface area contributed by atoms with Crippen molar-refractivity contribution >= 4 is 10.9 Å². The van der Waals surface area contributed by atoms with Gasteiger partial charge in [0.05, 0.1) is 18.7 Å². The second-order valence-corrected chi connectivity index (χ2v) is 3.65. The third-order valence-electron chi connectivity index (χ3n) is 2.53. The Hall–Kier alpha value is -1.65. The molecule has 1 N–H and O–H groups in total. The average molecular weight is 233 g/mol. The van der Waals surface area contributed by atoms with E-state index in [2.05, 4.69) is 4.98 Å². The molecule has 0 saturated carbocycles. The lowest BCUT2D eigenvalue weighted by Crippen LogP contribution is -2.04. The highest BCUT2D eigenvalue weighted by atomic mass is 16.5. The van der Waals surface area contributed by atoms with E-state index in [0.29, 0.717) is 13.2 Å². The number of ether oxygens (including phenoxy) is 2. The van der Waals surface area contributed by atoms with Crippen LogP contribution in [0.4, 0.5) is 0 Å². The van der Waals surface area contributed by atoms with Crippen LogP contribution < -0.4 is 4.74 Å². The van der Waals surface area contributed by atoms with Gasteiger partial charge >= 0.3 is 0 Å². The molecule has 4 heteroatoms. The number of pyridine rings is 1. The molecule has 0 radical (unpaired) electrons. The zero-order chi connectivity index (χ0) is 12.1. The minimum atomic E-state index is 0.0168. The monoisotopic (exact) mass is 233 g/mol. The Morgan fingerprint density at radius 2 is 2.12 bits per heavy atom. The maximum atomic E-state index is 9.20. The molecule has 4 nitrogen and oxygen atoms in total. The number of nitrogens with zero attached hydrogens (tertiary/aromatic N) is 1. The Labute approximate surface area is 99.8 Å². The molecular formula is C13H15NO3. The van der Waals surface area contributed by atoms with E-state index in [1.807, 2.05) is 24.3 Å².